The molecular formula is C24H32N4O. The average Bonchev–Trinajstić information content (AvgIpc) is 2.78. The SMILES string of the molecule is CCOc1ccccc1N1CCN(CCN2C=c3ccccc3=NC2CC)CC1. The number of hydrogen-bond acceptors (Lipinski definition) is 5. The summed E-state index contributed by atoms with van der Waals surface area (Å²) in [5.74, 6) is 0.998. The van der Waals surface area contributed by atoms with E-state index in [1.807, 2.05) is 13.0 Å². The zero-order valence-corrected chi connectivity index (χ0v) is 17.6. The second-order valence-electron chi connectivity index (χ2n) is 7.67. The van der Waals surface area contributed by atoms with Gasteiger partial charge >= 0.3 is 0 Å². The third-order valence-corrected chi connectivity index (χ3v) is 5.83. The average molecular weight is 393 g/mol. The smallest absolute Gasteiger partial charge is 0.142 e. The molecule has 2 aromatic rings. The molecule has 2 aromatic carbocycles. The minimum atomic E-state index is 0.254. The summed E-state index contributed by atoms with van der Waals surface area (Å²) in [6, 6.07) is 16.8. The molecule has 0 amide bonds. The Labute approximate surface area is 173 Å². The number of para-hydroxylation sites is 3. The second-order valence-corrected chi connectivity index (χ2v) is 7.67. The fourth-order valence-electron chi connectivity index (χ4n) is 4.22. The van der Waals surface area contributed by atoms with E-state index in [1.54, 1.807) is 0 Å². The van der Waals surface area contributed by atoms with Crippen molar-refractivity contribution >= 4 is 11.9 Å². The predicted octanol–water partition coefficient (Wildman–Crippen LogP) is 2.32. The maximum Gasteiger partial charge on any atom is 0.142 e. The van der Waals surface area contributed by atoms with Crippen molar-refractivity contribution in [2.75, 3.05) is 50.8 Å². The monoisotopic (exact) mass is 392 g/mol. The van der Waals surface area contributed by atoms with Gasteiger partial charge < -0.3 is 14.5 Å². The van der Waals surface area contributed by atoms with Crippen molar-refractivity contribution in [1.29, 1.82) is 0 Å². The highest BCUT2D eigenvalue weighted by Crippen LogP contribution is 2.28. The summed E-state index contributed by atoms with van der Waals surface area (Å²) in [6.45, 7) is 11.3. The van der Waals surface area contributed by atoms with Crippen LogP contribution in [0.2, 0.25) is 0 Å². The molecule has 2 aliphatic heterocycles. The molecule has 5 nitrogen and oxygen atoms in total. The van der Waals surface area contributed by atoms with E-state index in [9.17, 15) is 0 Å². The van der Waals surface area contributed by atoms with E-state index in [0.717, 1.165) is 56.8 Å². The number of hydrogen-bond donors (Lipinski definition) is 0. The van der Waals surface area contributed by atoms with E-state index in [2.05, 4.69) is 70.3 Å². The van der Waals surface area contributed by atoms with Gasteiger partial charge in [0.05, 0.1) is 17.7 Å². The van der Waals surface area contributed by atoms with Crippen molar-refractivity contribution in [3.63, 3.8) is 0 Å². The van der Waals surface area contributed by atoms with Crippen LogP contribution < -0.4 is 20.2 Å². The molecule has 1 saturated heterocycles. The third kappa shape index (κ3) is 4.56. The Kier molecular flexibility index (Phi) is 6.35. The molecule has 5 heteroatoms. The number of fused-ring (bicyclic) bond motifs is 1. The van der Waals surface area contributed by atoms with Gasteiger partial charge in [0, 0.05) is 50.7 Å². The highest BCUT2D eigenvalue weighted by molar-refractivity contribution is 5.58. The summed E-state index contributed by atoms with van der Waals surface area (Å²) in [7, 11) is 0. The Bertz CT molecular complexity index is 920. The molecule has 0 bridgehead atoms. The van der Waals surface area contributed by atoms with Crippen LogP contribution in [0.5, 0.6) is 5.75 Å². The van der Waals surface area contributed by atoms with Crippen molar-refractivity contribution in [1.82, 2.24) is 9.80 Å². The predicted molar refractivity (Wildman–Crippen MR) is 119 cm³/mol. The normalized spacial score (nSPS) is 19.3. The standard InChI is InChI=1S/C24H32N4O/c1-3-24-25-21-10-6-5-9-20(21)19-28(24)18-15-26-13-16-27(17-14-26)22-11-7-8-12-23(22)29-4-2/h5-12,19,24H,3-4,13-18H2,1-2H3. The molecular weight excluding hydrogens is 360 g/mol. The fraction of sp³-hybridized carbons (Fsp3) is 0.458. The molecule has 0 radical (unpaired) electrons. The molecule has 0 aromatic heterocycles. The third-order valence-electron chi connectivity index (χ3n) is 5.83. The van der Waals surface area contributed by atoms with Crippen LogP contribution in [0.3, 0.4) is 0 Å². The van der Waals surface area contributed by atoms with Crippen molar-refractivity contribution in [2.45, 2.75) is 26.4 Å². The van der Waals surface area contributed by atoms with E-state index < -0.39 is 0 Å². The summed E-state index contributed by atoms with van der Waals surface area (Å²) in [4.78, 5) is 12.4. The van der Waals surface area contributed by atoms with E-state index in [1.165, 1.54) is 10.9 Å². The zero-order valence-electron chi connectivity index (χ0n) is 17.6. The zero-order chi connectivity index (χ0) is 20.1. The van der Waals surface area contributed by atoms with Gasteiger partial charge in [0.1, 0.15) is 11.9 Å². The fourth-order valence-corrected chi connectivity index (χ4v) is 4.22. The maximum atomic E-state index is 5.82. The van der Waals surface area contributed by atoms with Crippen LogP contribution in [0, 0.1) is 0 Å². The van der Waals surface area contributed by atoms with Gasteiger partial charge in [0.25, 0.3) is 0 Å². The molecule has 1 unspecified atom stereocenters. The van der Waals surface area contributed by atoms with Crippen LogP contribution in [-0.4, -0.2) is 61.8 Å². The van der Waals surface area contributed by atoms with E-state index in [4.69, 9.17) is 9.73 Å². The molecule has 154 valence electrons. The number of rotatable bonds is 7. The minimum Gasteiger partial charge on any atom is -0.492 e. The first-order valence-corrected chi connectivity index (χ1v) is 10.9. The summed E-state index contributed by atoms with van der Waals surface area (Å²) in [5, 5.41) is 2.35. The summed E-state index contributed by atoms with van der Waals surface area (Å²) in [6.07, 6.45) is 3.59. The molecule has 29 heavy (non-hydrogen) atoms. The van der Waals surface area contributed by atoms with Crippen molar-refractivity contribution < 1.29 is 4.74 Å². The highest BCUT2D eigenvalue weighted by atomic mass is 16.5. The van der Waals surface area contributed by atoms with Crippen molar-refractivity contribution in [3.8, 4) is 5.75 Å². The number of benzene rings is 2. The topological polar surface area (TPSA) is 31.3 Å². The van der Waals surface area contributed by atoms with Crippen LogP contribution in [0.4, 0.5) is 5.69 Å². The Morgan fingerprint density at radius 3 is 2.48 bits per heavy atom. The van der Waals surface area contributed by atoms with Gasteiger partial charge in [-0.3, -0.25) is 9.89 Å². The summed E-state index contributed by atoms with van der Waals surface area (Å²) < 4.78 is 5.82. The molecule has 0 N–H and O–H groups in total. The molecule has 1 atom stereocenters. The lowest BCUT2D eigenvalue weighted by molar-refractivity contribution is 0.207. The first-order chi connectivity index (χ1) is 14.3. The second kappa shape index (κ2) is 9.31. The molecule has 1 fully saturated rings. The van der Waals surface area contributed by atoms with Crippen LogP contribution in [0.15, 0.2) is 53.5 Å². The largest absolute Gasteiger partial charge is 0.492 e. The van der Waals surface area contributed by atoms with Gasteiger partial charge in [-0.15, -0.1) is 0 Å². The lowest BCUT2D eigenvalue weighted by Gasteiger charge is -2.38. The molecule has 0 saturated carbocycles. The van der Waals surface area contributed by atoms with Crippen LogP contribution in [0.1, 0.15) is 20.3 Å². The summed E-state index contributed by atoms with van der Waals surface area (Å²) in [5.41, 5.74) is 1.22. The first-order valence-electron chi connectivity index (χ1n) is 10.9. The van der Waals surface area contributed by atoms with E-state index >= 15 is 0 Å². The Hall–Kier alpha value is -2.53. The van der Waals surface area contributed by atoms with Crippen LogP contribution in [-0.2, 0) is 0 Å². The van der Waals surface area contributed by atoms with E-state index in [0.29, 0.717) is 6.61 Å². The van der Waals surface area contributed by atoms with E-state index in [-0.39, 0.29) is 6.17 Å². The molecule has 0 spiro atoms. The van der Waals surface area contributed by atoms with Gasteiger partial charge in [-0.25, -0.2) is 0 Å². The van der Waals surface area contributed by atoms with Gasteiger partial charge in [-0.2, -0.15) is 0 Å². The minimum absolute atomic E-state index is 0.254. The maximum absolute atomic E-state index is 5.82. The Morgan fingerprint density at radius 2 is 1.69 bits per heavy atom. The van der Waals surface area contributed by atoms with Gasteiger partial charge in [-0.1, -0.05) is 37.3 Å². The van der Waals surface area contributed by atoms with Crippen molar-refractivity contribution in [2.24, 2.45) is 4.99 Å². The lowest BCUT2D eigenvalue weighted by Crippen LogP contribution is -2.50. The van der Waals surface area contributed by atoms with Crippen LogP contribution in [0.25, 0.3) is 6.20 Å². The Balaban J connectivity index is 1.34. The van der Waals surface area contributed by atoms with Gasteiger partial charge in [0.2, 0.25) is 0 Å². The van der Waals surface area contributed by atoms with Gasteiger partial charge in [-0.05, 0) is 31.5 Å². The molecule has 0 aliphatic carbocycles. The molecule has 4 rings (SSSR count). The summed E-state index contributed by atoms with van der Waals surface area (Å²) >= 11 is 0. The quantitative estimate of drug-likeness (QED) is 0.724. The molecule has 2 aliphatic rings. The lowest BCUT2D eigenvalue weighted by atomic mass is 10.2. The number of nitrogens with zero attached hydrogens (tertiary/aromatic N) is 4. The molecule has 2 heterocycles. The highest BCUT2D eigenvalue weighted by Gasteiger charge is 2.21. The van der Waals surface area contributed by atoms with Gasteiger partial charge in [0.15, 0.2) is 0 Å². The number of anilines is 1. The van der Waals surface area contributed by atoms with Crippen LogP contribution >= 0.6 is 0 Å². The Morgan fingerprint density at radius 1 is 0.931 bits per heavy atom. The number of piperazine rings is 1. The number of ether oxygens (including phenoxy) is 1. The first kappa shape index (κ1) is 19.8. The van der Waals surface area contributed by atoms with Crippen molar-refractivity contribution in [3.05, 3.63) is 59.1 Å².